The maximum absolute atomic E-state index is 12.7. The predicted molar refractivity (Wildman–Crippen MR) is 110 cm³/mol. The van der Waals surface area contributed by atoms with Crippen LogP contribution in [0, 0.1) is 18.8 Å². The zero-order valence-corrected chi connectivity index (χ0v) is 16.9. The summed E-state index contributed by atoms with van der Waals surface area (Å²) in [7, 11) is 3.88. The smallest absolute Gasteiger partial charge is 0.317 e. The molecule has 2 saturated heterocycles. The standard InChI is InChI=1S/C23H29N3O2/c1-16-5-4-6-17(11-16)12-24-23(27)26-14-19-13-25(2)22(21(19)15-26)18-7-9-20(28-3)10-8-18/h4-11,19,21-22H,12-15H2,1-3H3,(H,24,27)/t19-,21+,22+/m0/s1. The molecular formula is C23H29N3O2. The van der Waals surface area contributed by atoms with Gasteiger partial charge in [-0.2, -0.15) is 0 Å². The van der Waals surface area contributed by atoms with Crippen LogP contribution < -0.4 is 10.1 Å². The van der Waals surface area contributed by atoms with Gasteiger partial charge < -0.3 is 15.0 Å². The molecular weight excluding hydrogens is 350 g/mol. The van der Waals surface area contributed by atoms with Crippen molar-refractivity contribution < 1.29 is 9.53 Å². The molecule has 0 spiro atoms. The Balaban J connectivity index is 1.40. The van der Waals surface area contributed by atoms with E-state index < -0.39 is 0 Å². The third-order valence-electron chi connectivity index (χ3n) is 6.17. The fraction of sp³-hybridized carbons (Fsp3) is 0.435. The lowest BCUT2D eigenvalue weighted by atomic mass is 9.89. The molecule has 5 heteroatoms. The normalized spacial score (nSPS) is 24.2. The number of amides is 2. The van der Waals surface area contributed by atoms with Crippen molar-refractivity contribution in [2.75, 3.05) is 33.8 Å². The molecule has 4 rings (SSSR count). The van der Waals surface area contributed by atoms with Gasteiger partial charge in [-0.1, -0.05) is 42.0 Å². The summed E-state index contributed by atoms with van der Waals surface area (Å²) < 4.78 is 5.29. The van der Waals surface area contributed by atoms with Crippen LogP contribution in [0.15, 0.2) is 48.5 Å². The summed E-state index contributed by atoms with van der Waals surface area (Å²) >= 11 is 0. The molecule has 2 aromatic carbocycles. The average molecular weight is 380 g/mol. The molecule has 0 saturated carbocycles. The number of aryl methyl sites for hydroxylation is 1. The highest BCUT2D eigenvalue weighted by atomic mass is 16.5. The number of carbonyl (C=O) groups is 1. The van der Waals surface area contributed by atoms with Crippen LogP contribution in [0.1, 0.15) is 22.7 Å². The molecule has 28 heavy (non-hydrogen) atoms. The fourth-order valence-electron chi connectivity index (χ4n) is 4.84. The maximum atomic E-state index is 12.7. The number of hydrogen-bond donors (Lipinski definition) is 1. The molecule has 0 aromatic heterocycles. The Morgan fingerprint density at radius 3 is 2.64 bits per heavy atom. The van der Waals surface area contributed by atoms with Crippen molar-refractivity contribution in [2.24, 2.45) is 11.8 Å². The number of nitrogens with zero attached hydrogens (tertiary/aromatic N) is 2. The number of nitrogens with one attached hydrogen (secondary N) is 1. The van der Waals surface area contributed by atoms with Crippen LogP contribution in [-0.2, 0) is 6.54 Å². The first kappa shape index (κ1) is 18.8. The number of ether oxygens (including phenoxy) is 1. The van der Waals surface area contributed by atoms with Crippen molar-refractivity contribution in [2.45, 2.75) is 19.5 Å². The lowest BCUT2D eigenvalue weighted by molar-refractivity contribution is 0.193. The van der Waals surface area contributed by atoms with E-state index in [9.17, 15) is 4.79 Å². The molecule has 0 unspecified atom stereocenters. The molecule has 2 heterocycles. The number of carbonyl (C=O) groups excluding carboxylic acids is 1. The molecule has 5 nitrogen and oxygen atoms in total. The minimum absolute atomic E-state index is 0.0482. The van der Waals surface area contributed by atoms with Gasteiger partial charge in [0.15, 0.2) is 0 Å². The van der Waals surface area contributed by atoms with Gasteiger partial charge in [-0.05, 0) is 43.1 Å². The lowest BCUT2D eigenvalue weighted by Crippen LogP contribution is -2.40. The molecule has 0 radical (unpaired) electrons. The highest BCUT2D eigenvalue weighted by Gasteiger charge is 2.47. The average Bonchev–Trinajstić information content (AvgIpc) is 3.23. The van der Waals surface area contributed by atoms with Crippen LogP contribution in [0.25, 0.3) is 0 Å². The molecule has 1 N–H and O–H groups in total. The zero-order valence-electron chi connectivity index (χ0n) is 16.9. The van der Waals surface area contributed by atoms with Gasteiger partial charge in [0.1, 0.15) is 5.75 Å². The monoisotopic (exact) mass is 379 g/mol. The molecule has 0 aliphatic carbocycles. The third kappa shape index (κ3) is 3.72. The van der Waals surface area contributed by atoms with E-state index in [2.05, 4.69) is 54.5 Å². The van der Waals surface area contributed by atoms with Crippen molar-refractivity contribution in [1.82, 2.24) is 15.1 Å². The second-order valence-corrected chi connectivity index (χ2v) is 8.13. The zero-order chi connectivity index (χ0) is 19.7. The number of rotatable bonds is 4. The SMILES string of the molecule is COc1ccc([C@@H]2[C@@H]3CN(C(=O)NCc4cccc(C)c4)C[C@@H]3CN2C)cc1. The first-order chi connectivity index (χ1) is 13.5. The van der Waals surface area contributed by atoms with Crippen LogP contribution in [0.2, 0.25) is 0 Å². The Morgan fingerprint density at radius 2 is 1.93 bits per heavy atom. The van der Waals surface area contributed by atoms with Gasteiger partial charge in [-0.15, -0.1) is 0 Å². The minimum Gasteiger partial charge on any atom is -0.497 e. The van der Waals surface area contributed by atoms with E-state index in [1.807, 2.05) is 23.1 Å². The van der Waals surface area contributed by atoms with Crippen LogP contribution in [0.3, 0.4) is 0 Å². The van der Waals surface area contributed by atoms with E-state index >= 15 is 0 Å². The number of fused-ring (bicyclic) bond motifs is 1. The van der Waals surface area contributed by atoms with Crippen molar-refractivity contribution in [3.05, 3.63) is 65.2 Å². The van der Waals surface area contributed by atoms with Crippen molar-refractivity contribution >= 4 is 6.03 Å². The summed E-state index contributed by atoms with van der Waals surface area (Å²) in [5, 5.41) is 3.10. The summed E-state index contributed by atoms with van der Waals surface area (Å²) in [6.07, 6.45) is 0. The van der Waals surface area contributed by atoms with E-state index in [4.69, 9.17) is 4.74 Å². The first-order valence-electron chi connectivity index (χ1n) is 9.97. The van der Waals surface area contributed by atoms with Crippen LogP contribution in [-0.4, -0.2) is 49.6 Å². The van der Waals surface area contributed by atoms with Crippen molar-refractivity contribution in [3.8, 4) is 5.75 Å². The van der Waals surface area contributed by atoms with E-state index in [0.717, 1.165) is 30.9 Å². The van der Waals surface area contributed by atoms with Gasteiger partial charge in [0.05, 0.1) is 7.11 Å². The van der Waals surface area contributed by atoms with E-state index in [-0.39, 0.29) is 6.03 Å². The first-order valence-corrected chi connectivity index (χ1v) is 9.97. The Morgan fingerprint density at radius 1 is 1.14 bits per heavy atom. The number of urea groups is 1. The van der Waals surface area contributed by atoms with Crippen LogP contribution >= 0.6 is 0 Å². The summed E-state index contributed by atoms with van der Waals surface area (Å²) in [5.41, 5.74) is 3.66. The summed E-state index contributed by atoms with van der Waals surface area (Å²) in [5.74, 6) is 1.88. The Kier molecular flexibility index (Phi) is 5.27. The topological polar surface area (TPSA) is 44.8 Å². The number of methoxy groups -OCH3 is 1. The van der Waals surface area contributed by atoms with Gasteiger partial charge in [0.2, 0.25) is 0 Å². The Labute approximate surface area is 167 Å². The molecule has 148 valence electrons. The number of benzene rings is 2. The Bertz CT molecular complexity index is 836. The largest absolute Gasteiger partial charge is 0.497 e. The van der Waals surface area contributed by atoms with Gasteiger partial charge in [-0.3, -0.25) is 4.90 Å². The van der Waals surface area contributed by atoms with Gasteiger partial charge in [-0.25, -0.2) is 4.79 Å². The second-order valence-electron chi connectivity index (χ2n) is 8.13. The maximum Gasteiger partial charge on any atom is 0.317 e. The molecule has 2 aromatic rings. The van der Waals surface area contributed by atoms with Gasteiger partial charge >= 0.3 is 6.03 Å². The summed E-state index contributed by atoms with van der Waals surface area (Å²) in [6, 6.07) is 17.0. The van der Waals surface area contributed by atoms with Gasteiger partial charge in [0.25, 0.3) is 0 Å². The summed E-state index contributed by atoms with van der Waals surface area (Å²) in [4.78, 5) is 17.2. The van der Waals surface area contributed by atoms with Crippen LogP contribution in [0.5, 0.6) is 5.75 Å². The fourth-order valence-corrected chi connectivity index (χ4v) is 4.84. The Hall–Kier alpha value is -2.53. The van der Waals surface area contributed by atoms with Crippen molar-refractivity contribution in [3.63, 3.8) is 0 Å². The lowest BCUT2D eigenvalue weighted by Gasteiger charge is -2.27. The molecule has 0 bridgehead atoms. The van der Waals surface area contributed by atoms with E-state index in [1.54, 1.807) is 7.11 Å². The summed E-state index contributed by atoms with van der Waals surface area (Å²) in [6.45, 7) is 5.33. The van der Waals surface area contributed by atoms with E-state index in [0.29, 0.717) is 24.4 Å². The highest BCUT2D eigenvalue weighted by molar-refractivity contribution is 5.74. The molecule has 2 aliphatic rings. The molecule has 2 amide bonds. The molecule has 2 aliphatic heterocycles. The molecule has 2 fully saturated rings. The second kappa shape index (κ2) is 7.84. The quantitative estimate of drug-likeness (QED) is 0.885. The van der Waals surface area contributed by atoms with Crippen LogP contribution in [0.4, 0.5) is 4.79 Å². The number of likely N-dealkylation sites (tertiary alicyclic amines) is 2. The molecule has 3 atom stereocenters. The predicted octanol–water partition coefficient (Wildman–Crippen LogP) is 3.45. The minimum atomic E-state index is 0.0482. The van der Waals surface area contributed by atoms with Crippen molar-refractivity contribution in [1.29, 1.82) is 0 Å². The highest BCUT2D eigenvalue weighted by Crippen LogP contribution is 2.44. The van der Waals surface area contributed by atoms with E-state index in [1.165, 1.54) is 11.1 Å². The number of hydrogen-bond acceptors (Lipinski definition) is 3. The van der Waals surface area contributed by atoms with Gasteiger partial charge in [0, 0.05) is 38.1 Å². The third-order valence-corrected chi connectivity index (χ3v) is 6.17.